The molecule has 3 aromatic rings. The smallest absolute Gasteiger partial charge is 0.322 e. The third-order valence-electron chi connectivity index (χ3n) is 3.91. The van der Waals surface area contributed by atoms with Crippen LogP contribution in [0.25, 0.3) is 16.3 Å². The fourth-order valence-corrected chi connectivity index (χ4v) is 3.43. The number of carbonyl (C=O) groups is 2. The highest BCUT2D eigenvalue weighted by molar-refractivity contribution is 7.20. The molecule has 1 amide bonds. The number of amides is 1. The van der Waals surface area contributed by atoms with E-state index >= 15 is 0 Å². The van der Waals surface area contributed by atoms with Gasteiger partial charge >= 0.3 is 6.18 Å². The second-order valence-electron chi connectivity index (χ2n) is 6.16. The summed E-state index contributed by atoms with van der Waals surface area (Å²) in [4.78, 5) is 28.2. The largest absolute Gasteiger partial charge is 0.409 e. The minimum absolute atomic E-state index is 0.123. The van der Waals surface area contributed by atoms with Crippen LogP contribution in [0.2, 0.25) is 0 Å². The van der Waals surface area contributed by atoms with Gasteiger partial charge in [-0.3, -0.25) is 9.59 Å². The first kappa shape index (κ1) is 19.8. The molecule has 28 heavy (non-hydrogen) atoms. The molecule has 2 aromatic carbocycles. The molecular weight excluding hydrogens is 389 g/mol. The number of aromatic nitrogens is 1. The van der Waals surface area contributed by atoms with E-state index in [-0.39, 0.29) is 17.8 Å². The Hall–Kier alpha value is -3.00. The molecule has 0 aliphatic heterocycles. The van der Waals surface area contributed by atoms with Gasteiger partial charge in [-0.25, -0.2) is 4.98 Å². The topological polar surface area (TPSA) is 59.1 Å². The molecule has 0 atom stereocenters. The van der Waals surface area contributed by atoms with Gasteiger partial charge in [0.2, 0.25) is 0 Å². The van der Waals surface area contributed by atoms with Crippen LogP contribution in [0.1, 0.15) is 38.2 Å². The number of aryl methyl sites for hydroxylation is 1. The monoisotopic (exact) mass is 404 g/mol. The van der Waals surface area contributed by atoms with Crippen molar-refractivity contribution in [1.82, 2.24) is 4.98 Å². The molecular formula is C20H15F3N2O2S. The molecule has 1 N–H and O–H groups in total. The summed E-state index contributed by atoms with van der Waals surface area (Å²) < 4.78 is 37.7. The summed E-state index contributed by atoms with van der Waals surface area (Å²) in [5.74, 6) is -0.507. The Balaban J connectivity index is 1.80. The van der Waals surface area contributed by atoms with Gasteiger partial charge < -0.3 is 5.32 Å². The van der Waals surface area contributed by atoms with Gasteiger partial charge in [-0.05, 0) is 42.3 Å². The number of nitrogens with zero attached hydrogens (tertiary/aromatic N) is 1. The third kappa shape index (κ3) is 4.64. The zero-order valence-corrected chi connectivity index (χ0v) is 15.7. The zero-order valence-electron chi connectivity index (χ0n) is 14.9. The van der Waals surface area contributed by atoms with Crippen LogP contribution in [0, 0.1) is 6.92 Å². The molecule has 0 fully saturated rings. The lowest BCUT2D eigenvalue weighted by molar-refractivity contribution is -0.0790. The second-order valence-corrected chi connectivity index (χ2v) is 7.19. The van der Waals surface area contributed by atoms with Gasteiger partial charge in [0.05, 0.1) is 10.2 Å². The van der Waals surface area contributed by atoms with Crippen LogP contribution < -0.4 is 5.32 Å². The maximum Gasteiger partial charge on any atom is 0.409 e. The summed E-state index contributed by atoms with van der Waals surface area (Å²) in [5, 5.41) is 3.15. The van der Waals surface area contributed by atoms with E-state index in [1.165, 1.54) is 36.5 Å². The summed E-state index contributed by atoms with van der Waals surface area (Å²) in [6.07, 6.45) is -3.28. The average molecular weight is 404 g/mol. The van der Waals surface area contributed by atoms with Crippen LogP contribution >= 0.6 is 11.3 Å². The van der Waals surface area contributed by atoms with Crippen molar-refractivity contribution in [3.63, 3.8) is 0 Å². The molecule has 4 nitrogen and oxygen atoms in total. The fourth-order valence-electron chi connectivity index (χ4n) is 2.59. The molecule has 0 unspecified atom stereocenters. The van der Waals surface area contributed by atoms with Gasteiger partial charge in [0.1, 0.15) is 0 Å². The van der Waals surface area contributed by atoms with E-state index in [4.69, 9.17) is 0 Å². The minimum atomic E-state index is -4.39. The molecule has 0 saturated carbocycles. The predicted octanol–water partition coefficient (Wildman–Crippen LogP) is 5.64. The summed E-state index contributed by atoms with van der Waals surface area (Å²) in [6.45, 7) is 3.10. The van der Waals surface area contributed by atoms with Crippen LogP contribution in [0.4, 0.5) is 18.9 Å². The van der Waals surface area contributed by atoms with Crippen LogP contribution in [0.5, 0.6) is 0 Å². The Morgan fingerprint density at radius 3 is 2.54 bits per heavy atom. The van der Waals surface area contributed by atoms with Crippen molar-refractivity contribution in [2.75, 3.05) is 5.32 Å². The standard InChI is InChI=1S/C20H15F3N2O2S/c1-11-9-13(7-8-20(21,22)23)3-5-15(11)18(27)24-14-4-6-17-16(10-14)25-19(28-17)12(2)26/h3-10H,1-2H3,(H,24,27)/b8-7+. The number of carbonyl (C=O) groups excluding carboxylic acids is 2. The molecule has 3 rings (SSSR count). The maximum atomic E-state index is 12.5. The van der Waals surface area contributed by atoms with Crippen LogP contribution in [-0.4, -0.2) is 22.9 Å². The second kappa shape index (κ2) is 7.55. The van der Waals surface area contributed by atoms with Crippen molar-refractivity contribution in [2.24, 2.45) is 0 Å². The quantitative estimate of drug-likeness (QED) is 0.573. The van der Waals surface area contributed by atoms with E-state index in [1.54, 1.807) is 25.1 Å². The summed E-state index contributed by atoms with van der Waals surface area (Å²) >= 11 is 1.28. The predicted molar refractivity (Wildman–Crippen MR) is 104 cm³/mol. The van der Waals surface area contributed by atoms with E-state index in [9.17, 15) is 22.8 Å². The number of halogens is 3. The zero-order chi connectivity index (χ0) is 20.5. The number of nitrogens with one attached hydrogen (secondary N) is 1. The van der Waals surface area contributed by atoms with Gasteiger partial charge in [-0.15, -0.1) is 11.3 Å². The van der Waals surface area contributed by atoms with E-state index in [2.05, 4.69) is 10.3 Å². The lowest BCUT2D eigenvalue weighted by Crippen LogP contribution is -2.13. The minimum Gasteiger partial charge on any atom is -0.322 e. The number of rotatable bonds is 4. The number of anilines is 1. The Bertz CT molecular complexity index is 1100. The van der Waals surface area contributed by atoms with Crippen LogP contribution in [0.15, 0.2) is 42.5 Å². The van der Waals surface area contributed by atoms with Crippen molar-refractivity contribution in [2.45, 2.75) is 20.0 Å². The number of fused-ring (bicyclic) bond motifs is 1. The molecule has 144 valence electrons. The van der Waals surface area contributed by atoms with Gasteiger partial charge in [0.15, 0.2) is 10.8 Å². The fraction of sp³-hybridized carbons (Fsp3) is 0.150. The number of allylic oxidation sites excluding steroid dienone is 1. The number of thiazole rings is 1. The molecule has 0 aliphatic carbocycles. The Morgan fingerprint density at radius 1 is 1.14 bits per heavy atom. The maximum absolute atomic E-state index is 12.5. The average Bonchev–Trinajstić information content (AvgIpc) is 3.03. The first-order valence-corrected chi connectivity index (χ1v) is 9.03. The molecule has 1 aromatic heterocycles. The third-order valence-corrected chi connectivity index (χ3v) is 5.04. The Kier molecular flexibility index (Phi) is 5.33. The van der Waals surface area contributed by atoms with Gasteiger partial charge in [0, 0.05) is 24.3 Å². The summed E-state index contributed by atoms with van der Waals surface area (Å²) in [6, 6.07) is 9.60. The van der Waals surface area contributed by atoms with Gasteiger partial charge in [0.25, 0.3) is 5.91 Å². The number of alkyl halides is 3. The Labute approximate surface area is 162 Å². The van der Waals surface area contributed by atoms with Gasteiger partial charge in [-0.2, -0.15) is 13.2 Å². The lowest BCUT2D eigenvalue weighted by atomic mass is 10.0. The number of hydrogen-bond donors (Lipinski definition) is 1. The highest BCUT2D eigenvalue weighted by Crippen LogP contribution is 2.26. The molecule has 0 saturated heterocycles. The van der Waals surface area contributed by atoms with Crippen LogP contribution in [-0.2, 0) is 0 Å². The first-order valence-electron chi connectivity index (χ1n) is 8.22. The molecule has 0 radical (unpaired) electrons. The Morgan fingerprint density at radius 2 is 1.89 bits per heavy atom. The lowest BCUT2D eigenvalue weighted by Gasteiger charge is -2.09. The molecule has 8 heteroatoms. The van der Waals surface area contributed by atoms with E-state index < -0.39 is 6.18 Å². The molecule has 0 bridgehead atoms. The van der Waals surface area contributed by atoms with Crippen molar-refractivity contribution >= 4 is 45.0 Å². The highest BCUT2D eigenvalue weighted by Gasteiger charge is 2.21. The van der Waals surface area contributed by atoms with Crippen molar-refractivity contribution in [1.29, 1.82) is 0 Å². The highest BCUT2D eigenvalue weighted by atomic mass is 32.1. The first-order chi connectivity index (χ1) is 13.1. The molecule has 0 aliphatic rings. The summed E-state index contributed by atoms with van der Waals surface area (Å²) in [7, 11) is 0. The van der Waals surface area contributed by atoms with Crippen LogP contribution in [0.3, 0.4) is 0 Å². The number of hydrogen-bond acceptors (Lipinski definition) is 4. The number of ketones is 1. The summed E-state index contributed by atoms with van der Waals surface area (Å²) in [5.41, 5.74) is 2.38. The van der Waals surface area contributed by atoms with Gasteiger partial charge in [-0.1, -0.05) is 18.2 Å². The van der Waals surface area contributed by atoms with Crippen molar-refractivity contribution < 1.29 is 22.8 Å². The van der Waals surface area contributed by atoms with E-state index in [0.29, 0.717) is 32.9 Å². The van der Waals surface area contributed by atoms with E-state index in [0.717, 1.165) is 10.8 Å². The SMILES string of the molecule is CC(=O)c1nc2cc(NC(=O)c3ccc(/C=C/C(F)(F)F)cc3C)ccc2s1. The number of Topliss-reactive ketones (excluding diaryl/α,β-unsaturated/α-hetero) is 1. The van der Waals surface area contributed by atoms with E-state index in [1.807, 2.05) is 0 Å². The van der Waals surface area contributed by atoms with Crippen molar-refractivity contribution in [3.05, 3.63) is 64.2 Å². The normalized spacial score (nSPS) is 11.9. The molecule has 0 spiro atoms. The molecule has 1 heterocycles. The van der Waals surface area contributed by atoms with Crippen molar-refractivity contribution in [3.8, 4) is 0 Å². The number of benzene rings is 2.